The first-order valence-electron chi connectivity index (χ1n) is 7.88. The standard InChI is InChI=1S/C18H30O3/c1-6-18(19)12-8-9-16(13-21-15(5)20-7-2)17(18)11-10-14(3)4/h6,8,10-12,14-17,19H,1,7,9,13H2,2-5H3/b11-10+/t15?,16-,17-,18+/m0/s1. The van der Waals surface area contributed by atoms with Crippen LogP contribution < -0.4 is 0 Å². The second kappa shape index (κ2) is 8.52. The van der Waals surface area contributed by atoms with Gasteiger partial charge in [0, 0.05) is 12.5 Å². The van der Waals surface area contributed by atoms with Gasteiger partial charge in [0.25, 0.3) is 0 Å². The van der Waals surface area contributed by atoms with E-state index in [1.807, 2.05) is 26.0 Å². The average molecular weight is 294 g/mol. The molecule has 1 aliphatic rings. The van der Waals surface area contributed by atoms with Crippen molar-refractivity contribution in [1.29, 1.82) is 0 Å². The van der Waals surface area contributed by atoms with E-state index in [1.54, 1.807) is 6.08 Å². The molecule has 0 aliphatic heterocycles. The molecule has 3 heteroatoms. The summed E-state index contributed by atoms with van der Waals surface area (Å²) in [5.41, 5.74) is -0.994. The molecule has 0 saturated heterocycles. The molecule has 0 fully saturated rings. The zero-order valence-electron chi connectivity index (χ0n) is 13.8. The van der Waals surface area contributed by atoms with Gasteiger partial charge in [-0.25, -0.2) is 0 Å². The van der Waals surface area contributed by atoms with Crippen LogP contribution in [-0.2, 0) is 9.47 Å². The highest BCUT2D eigenvalue weighted by Crippen LogP contribution is 2.36. The molecule has 0 heterocycles. The Morgan fingerprint density at radius 2 is 2.10 bits per heavy atom. The van der Waals surface area contributed by atoms with Crippen molar-refractivity contribution in [2.24, 2.45) is 17.8 Å². The molecule has 1 aliphatic carbocycles. The van der Waals surface area contributed by atoms with E-state index in [0.717, 1.165) is 6.42 Å². The highest BCUT2D eigenvalue weighted by atomic mass is 16.7. The summed E-state index contributed by atoms with van der Waals surface area (Å²) in [7, 11) is 0. The number of hydrogen-bond donors (Lipinski definition) is 1. The lowest BCUT2D eigenvalue weighted by molar-refractivity contribution is -0.141. The van der Waals surface area contributed by atoms with E-state index in [9.17, 15) is 5.11 Å². The van der Waals surface area contributed by atoms with Gasteiger partial charge in [-0.05, 0) is 32.1 Å². The van der Waals surface area contributed by atoms with Crippen molar-refractivity contribution in [3.05, 3.63) is 37.0 Å². The van der Waals surface area contributed by atoms with Gasteiger partial charge in [-0.15, -0.1) is 0 Å². The van der Waals surface area contributed by atoms with E-state index < -0.39 is 5.60 Å². The van der Waals surface area contributed by atoms with Crippen molar-refractivity contribution in [3.8, 4) is 0 Å². The van der Waals surface area contributed by atoms with Crippen LogP contribution in [0.25, 0.3) is 0 Å². The van der Waals surface area contributed by atoms with Crippen LogP contribution in [0.4, 0.5) is 0 Å². The number of aliphatic hydroxyl groups is 1. The summed E-state index contributed by atoms with van der Waals surface area (Å²) in [5, 5.41) is 10.7. The Bertz CT molecular complexity index is 373. The van der Waals surface area contributed by atoms with E-state index in [-0.39, 0.29) is 18.1 Å². The zero-order chi connectivity index (χ0) is 15.9. The van der Waals surface area contributed by atoms with Crippen molar-refractivity contribution in [3.63, 3.8) is 0 Å². The predicted molar refractivity (Wildman–Crippen MR) is 86.9 cm³/mol. The van der Waals surface area contributed by atoms with E-state index in [0.29, 0.717) is 19.1 Å². The van der Waals surface area contributed by atoms with E-state index in [2.05, 4.69) is 32.6 Å². The zero-order valence-corrected chi connectivity index (χ0v) is 13.8. The van der Waals surface area contributed by atoms with Crippen LogP contribution in [0, 0.1) is 17.8 Å². The second-order valence-electron chi connectivity index (χ2n) is 6.00. The Morgan fingerprint density at radius 1 is 1.38 bits per heavy atom. The molecule has 0 amide bonds. The third-order valence-electron chi connectivity index (χ3n) is 3.84. The molecule has 0 radical (unpaired) electrons. The Labute approximate surface area is 129 Å². The molecule has 1 unspecified atom stereocenters. The summed E-state index contributed by atoms with van der Waals surface area (Å²) in [6, 6.07) is 0. The summed E-state index contributed by atoms with van der Waals surface area (Å²) < 4.78 is 11.2. The van der Waals surface area contributed by atoms with Gasteiger partial charge in [0.1, 0.15) is 5.60 Å². The molecule has 21 heavy (non-hydrogen) atoms. The summed E-state index contributed by atoms with van der Waals surface area (Å²) >= 11 is 0. The SMILES string of the molecule is C=C[C@@]1(O)C=CC[C@@H](COC(C)OCC)[C@@H]1/C=C/C(C)C. The molecular weight excluding hydrogens is 264 g/mol. The maximum Gasteiger partial charge on any atom is 0.154 e. The van der Waals surface area contributed by atoms with Crippen molar-refractivity contribution in [2.45, 2.75) is 46.0 Å². The van der Waals surface area contributed by atoms with E-state index in [4.69, 9.17) is 9.47 Å². The van der Waals surface area contributed by atoms with Crippen molar-refractivity contribution in [2.75, 3.05) is 13.2 Å². The monoisotopic (exact) mass is 294 g/mol. The normalized spacial score (nSPS) is 31.0. The lowest BCUT2D eigenvalue weighted by Gasteiger charge is -2.38. The predicted octanol–water partition coefficient (Wildman–Crippen LogP) is 3.71. The average Bonchev–Trinajstić information content (AvgIpc) is 2.44. The molecule has 0 spiro atoms. The highest BCUT2D eigenvalue weighted by Gasteiger charge is 2.38. The minimum Gasteiger partial charge on any atom is -0.381 e. The highest BCUT2D eigenvalue weighted by molar-refractivity contribution is 5.23. The van der Waals surface area contributed by atoms with E-state index in [1.165, 1.54) is 0 Å². The molecule has 0 aromatic carbocycles. The van der Waals surface area contributed by atoms with E-state index >= 15 is 0 Å². The topological polar surface area (TPSA) is 38.7 Å². The Morgan fingerprint density at radius 3 is 2.67 bits per heavy atom. The van der Waals surface area contributed by atoms with Crippen LogP contribution in [0.5, 0.6) is 0 Å². The van der Waals surface area contributed by atoms with Crippen LogP contribution >= 0.6 is 0 Å². The second-order valence-corrected chi connectivity index (χ2v) is 6.00. The molecule has 0 bridgehead atoms. The first-order valence-corrected chi connectivity index (χ1v) is 7.88. The molecule has 0 saturated carbocycles. The Balaban J connectivity index is 2.79. The lowest BCUT2D eigenvalue weighted by Crippen LogP contribution is -2.41. The van der Waals surface area contributed by atoms with Gasteiger partial charge < -0.3 is 14.6 Å². The van der Waals surface area contributed by atoms with Crippen molar-refractivity contribution in [1.82, 2.24) is 0 Å². The summed E-state index contributed by atoms with van der Waals surface area (Å²) in [5.74, 6) is 0.654. The van der Waals surface area contributed by atoms with Gasteiger partial charge in [0.2, 0.25) is 0 Å². The van der Waals surface area contributed by atoms with Gasteiger partial charge in [-0.3, -0.25) is 0 Å². The Kier molecular flexibility index (Phi) is 7.36. The Hall–Kier alpha value is -0.900. The summed E-state index contributed by atoms with van der Waals surface area (Å²) in [6.07, 6.45) is 10.4. The fraction of sp³-hybridized carbons (Fsp3) is 0.667. The van der Waals surface area contributed by atoms with Crippen molar-refractivity contribution < 1.29 is 14.6 Å². The lowest BCUT2D eigenvalue weighted by atomic mass is 9.72. The molecule has 1 N–H and O–H groups in total. The first-order chi connectivity index (χ1) is 9.92. The van der Waals surface area contributed by atoms with Gasteiger partial charge in [-0.1, -0.05) is 50.8 Å². The largest absolute Gasteiger partial charge is 0.381 e. The van der Waals surface area contributed by atoms with Crippen LogP contribution in [0.3, 0.4) is 0 Å². The molecule has 120 valence electrons. The maximum absolute atomic E-state index is 10.7. The van der Waals surface area contributed by atoms with Crippen LogP contribution in [0.1, 0.15) is 34.1 Å². The fourth-order valence-corrected chi connectivity index (χ4v) is 2.64. The quantitative estimate of drug-likeness (QED) is 0.548. The fourth-order valence-electron chi connectivity index (χ4n) is 2.64. The van der Waals surface area contributed by atoms with Crippen LogP contribution in [0.2, 0.25) is 0 Å². The summed E-state index contributed by atoms with van der Waals surface area (Å²) in [6.45, 7) is 13.1. The molecular formula is C18H30O3. The van der Waals surface area contributed by atoms with Gasteiger partial charge in [-0.2, -0.15) is 0 Å². The molecule has 1 rings (SSSR count). The number of rotatable bonds is 8. The number of allylic oxidation sites excluding steroid dienone is 2. The third kappa shape index (κ3) is 5.42. The first kappa shape index (κ1) is 18.1. The molecule has 4 atom stereocenters. The van der Waals surface area contributed by atoms with Gasteiger partial charge in [0.05, 0.1) is 6.61 Å². The summed E-state index contributed by atoms with van der Waals surface area (Å²) in [4.78, 5) is 0. The van der Waals surface area contributed by atoms with Crippen molar-refractivity contribution >= 4 is 0 Å². The molecule has 3 nitrogen and oxygen atoms in total. The smallest absolute Gasteiger partial charge is 0.154 e. The molecule has 0 aromatic heterocycles. The van der Waals surface area contributed by atoms with Gasteiger partial charge >= 0.3 is 0 Å². The minimum atomic E-state index is -0.994. The number of ether oxygens (including phenoxy) is 2. The van der Waals surface area contributed by atoms with Gasteiger partial charge in [0.15, 0.2) is 6.29 Å². The molecule has 0 aromatic rings. The van der Waals surface area contributed by atoms with Crippen LogP contribution in [0.15, 0.2) is 37.0 Å². The minimum absolute atomic E-state index is 0.0174. The number of hydrogen-bond acceptors (Lipinski definition) is 3. The third-order valence-corrected chi connectivity index (χ3v) is 3.84. The maximum atomic E-state index is 10.7. The van der Waals surface area contributed by atoms with Crippen LogP contribution in [-0.4, -0.2) is 30.2 Å².